The van der Waals surface area contributed by atoms with Gasteiger partial charge in [-0.2, -0.15) is 0 Å². The maximum Gasteiger partial charge on any atom is 0.218 e. The molecular formula is C9H11NO. The minimum Gasteiger partial charge on any atom is -0.447 e. The van der Waals surface area contributed by atoms with Gasteiger partial charge in [-0.3, -0.25) is 0 Å². The average molecular weight is 149 g/mol. The van der Waals surface area contributed by atoms with Crippen LogP contribution < -0.4 is 4.74 Å². The van der Waals surface area contributed by atoms with Gasteiger partial charge in [-0.15, -0.1) is 0 Å². The number of hydrogen-bond acceptors (Lipinski definition) is 2. The lowest BCUT2D eigenvalue weighted by Crippen LogP contribution is -1.89. The van der Waals surface area contributed by atoms with E-state index in [9.17, 15) is 0 Å². The van der Waals surface area contributed by atoms with Crippen molar-refractivity contribution in [2.24, 2.45) is 0 Å². The summed E-state index contributed by atoms with van der Waals surface area (Å²) < 4.78 is 5.02. The summed E-state index contributed by atoms with van der Waals surface area (Å²) in [6, 6.07) is 3.87. The Hall–Kier alpha value is -1.31. The highest BCUT2D eigenvalue weighted by atomic mass is 16.5. The van der Waals surface area contributed by atoms with Crippen LogP contribution in [0.15, 0.2) is 25.0 Å². The summed E-state index contributed by atoms with van der Waals surface area (Å²) in [6.45, 7) is 7.39. The number of hydrogen-bond donors (Lipinski definition) is 0. The molecule has 0 fully saturated rings. The van der Waals surface area contributed by atoms with Gasteiger partial charge in [0, 0.05) is 11.8 Å². The lowest BCUT2D eigenvalue weighted by molar-refractivity contribution is 0.461. The largest absolute Gasteiger partial charge is 0.447 e. The normalized spacial score (nSPS) is 9.27. The van der Waals surface area contributed by atoms with Gasteiger partial charge >= 0.3 is 0 Å². The fourth-order valence-corrected chi connectivity index (χ4v) is 0.950. The zero-order valence-corrected chi connectivity index (χ0v) is 6.79. The van der Waals surface area contributed by atoms with Crippen LogP contribution in [0.25, 0.3) is 0 Å². The Morgan fingerprint density at radius 3 is 2.73 bits per heavy atom. The number of aromatic nitrogens is 1. The Kier molecular flexibility index (Phi) is 2.26. The van der Waals surface area contributed by atoms with E-state index in [0.717, 1.165) is 11.3 Å². The lowest BCUT2D eigenvalue weighted by Gasteiger charge is -2.00. The molecule has 0 amide bonds. The fourth-order valence-electron chi connectivity index (χ4n) is 0.950. The zero-order valence-electron chi connectivity index (χ0n) is 6.79. The Morgan fingerprint density at radius 2 is 2.18 bits per heavy atom. The van der Waals surface area contributed by atoms with Crippen molar-refractivity contribution in [1.29, 1.82) is 0 Å². The Morgan fingerprint density at radius 1 is 1.45 bits per heavy atom. The molecule has 0 atom stereocenters. The molecule has 0 aliphatic heterocycles. The molecule has 0 spiro atoms. The molecule has 0 N–H and O–H groups in total. The van der Waals surface area contributed by atoms with Crippen LogP contribution >= 0.6 is 0 Å². The minimum atomic E-state index is 0.609. The number of rotatable bonds is 2. The third-order valence-electron chi connectivity index (χ3n) is 1.28. The average Bonchev–Trinajstić information content (AvgIpc) is 1.85. The standard InChI is InChI=1S/C9H11NO/c1-4-11-9-6-7(2)5-8(3)10-9/h4-6H,1H2,2-3H3. The van der Waals surface area contributed by atoms with Gasteiger partial charge in [0.05, 0.1) is 6.26 Å². The van der Waals surface area contributed by atoms with E-state index in [-0.39, 0.29) is 0 Å². The molecule has 0 aliphatic rings. The van der Waals surface area contributed by atoms with Gasteiger partial charge in [-0.1, -0.05) is 6.58 Å². The molecule has 0 unspecified atom stereocenters. The number of ether oxygens (including phenoxy) is 1. The predicted molar refractivity (Wildman–Crippen MR) is 44.5 cm³/mol. The molecule has 0 bridgehead atoms. The van der Waals surface area contributed by atoms with Crippen molar-refractivity contribution < 1.29 is 4.74 Å². The van der Waals surface area contributed by atoms with Crippen LogP contribution in [-0.2, 0) is 0 Å². The Balaban J connectivity index is 2.98. The van der Waals surface area contributed by atoms with Crippen molar-refractivity contribution in [2.45, 2.75) is 13.8 Å². The van der Waals surface area contributed by atoms with E-state index in [4.69, 9.17) is 4.74 Å². The zero-order chi connectivity index (χ0) is 8.27. The van der Waals surface area contributed by atoms with Gasteiger partial charge in [0.1, 0.15) is 0 Å². The molecule has 0 aromatic carbocycles. The van der Waals surface area contributed by atoms with Gasteiger partial charge in [-0.05, 0) is 25.5 Å². The quantitative estimate of drug-likeness (QED) is 0.601. The highest BCUT2D eigenvalue weighted by Gasteiger charge is 1.94. The highest BCUT2D eigenvalue weighted by molar-refractivity contribution is 5.23. The summed E-state index contributed by atoms with van der Waals surface area (Å²) in [5, 5.41) is 0. The molecule has 0 saturated heterocycles. The molecule has 1 rings (SSSR count). The molecule has 1 aromatic rings. The highest BCUT2D eigenvalue weighted by Crippen LogP contribution is 2.10. The summed E-state index contributed by atoms with van der Waals surface area (Å²) in [5.41, 5.74) is 2.11. The van der Waals surface area contributed by atoms with Crippen LogP contribution in [0.3, 0.4) is 0 Å². The summed E-state index contributed by atoms with van der Waals surface area (Å²) in [4.78, 5) is 4.13. The molecule has 2 heteroatoms. The molecule has 11 heavy (non-hydrogen) atoms. The number of aryl methyl sites for hydroxylation is 2. The lowest BCUT2D eigenvalue weighted by atomic mass is 10.2. The van der Waals surface area contributed by atoms with Gasteiger partial charge in [0.25, 0.3) is 0 Å². The van der Waals surface area contributed by atoms with E-state index < -0.39 is 0 Å². The summed E-state index contributed by atoms with van der Waals surface area (Å²) in [6.07, 6.45) is 1.38. The second-order valence-electron chi connectivity index (χ2n) is 2.41. The molecule has 2 nitrogen and oxygen atoms in total. The van der Waals surface area contributed by atoms with E-state index in [1.807, 2.05) is 26.0 Å². The predicted octanol–water partition coefficient (Wildman–Crippen LogP) is 2.22. The van der Waals surface area contributed by atoms with Crippen molar-refractivity contribution in [3.8, 4) is 5.88 Å². The number of nitrogens with zero attached hydrogens (tertiary/aromatic N) is 1. The van der Waals surface area contributed by atoms with Gasteiger partial charge in [0.2, 0.25) is 5.88 Å². The van der Waals surface area contributed by atoms with E-state index in [1.165, 1.54) is 6.26 Å². The molecule has 0 aliphatic carbocycles. The third kappa shape index (κ3) is 2.08. The Labute approximate surface area is 66.5 Å². The van der Waals surface area contributed by atoms with Gasteiger partial charge in [0.15, 0.2) is 0 Å². The molecular weight excluding hydrogens is 138 g/mol. The molecule has 1 aromatic heterocycles. The second-order valence-corrected chi connectivity index (χ2v) is 2.41. The Bertz CT molecular complexity index is 248. The smallest absolute Gasteiger partial charge is 0.218 e. The summed E-state index contributed by atoms with van der Waals surface area (Å²) in [5.74, 6) is 0.609. The first-order valence-corrected chi connectivity index (χ1v) is 3.45. The fraction of sp³-hybridized carbons (Fsp3) is 0.222. The van der Waals surface area contributed by atoms with Gasteiger partial charge < -0.3 is 4.74 Å². The van der Waals surface area contributed by atoms with Crippen molar-refractivity contribution in [1.82, 2.24) is 4.98 Å². The van der Waals surface area contributed by atoms with Crippen molar-refractivity contribution in [3.05, 3.63) is 36.2 Å². The van der Waals surface area contributed by atoms with E-state index in [2.05, 4.69) is 11.6 Å². The first-order valence-electron chi connectivity index (χ1n) is 3.45. The van der Waals surface area contributed by atoms with Crippen LogP contribution in [0.5, 0.6) is 5.88 Å². The SMILES string of the molecule is C=COc1cc(C)cc(C)n1. The van der Waals surface area contributed by atoms with Crippen molar-refractivity contribution in [3.63, 3.8) is 0 Å². The van der Waals surface area contributed by atoms with Crippen LogP contribution in [0.1, 0.15) is 11.3 Å². The van der Waals surface area contributed by atoms with Crippen molar-refractivity contribution in [2.75, 3.05) is 0 Å². The van der Waals surface area contributed by atoms with Crippen LogP contribution in [0, 0.1) is 13.8 Å². The molecule has 1 heterocycles. The van der Waals surface area contributed by atoms with Crippen LogP contribution in [0.4, 0.5) is 0 Å². The minimum absolute atomic E-state index is 0.609. The van der Waals surface area contributed by atoms with E-state index in [1.54, 1.807) is 0 Å². The summed E-state index contributed by atoms with van der Waals surface area (Å²) in [7, 11) is 0. The van der Waals surface area contributed by atoms with Crippen LogP contribution in [0.2, 0.25) is 0 Å². The molecule has 58 valence electrons. The first-order chi connectivity index (χ1) is 5.22. The summed E-state index contributed by atoms with van der Waals surface area (Å²) >= 11 is 0. The third-order valence-corrected chi connectivity index (χ3v) is 1.28. The maximum atomic E-state index is 5.02. The maximum absolute atomic E-state index is 5.02. The second kappa shape index (κ2) is 3.19. The topological polar surface area (TPSA) is 22.1 Å². The molecule has 0 saturated carbocycles. The number of pyridine rings is 1. The molecule has 0 radical (unpaired) electrons. The van der Waals surface area contributed by atoms with Crippen LogP contribution in [-0.4, -0.2) is 4.98 Å². The van der Waals surface area contributed by atoms with E-state index in [0.29, 0.717) is 5.88 Å². The van der Waals surface area contributed by atoms with E-state index >= 15 is 0 Å². The van der Waals surface area contributed by atoms with Crippen molar-refractivity contribution >= 4 is 0 Å². The van der Waals surface area contributed by atoms with Gasteiger partial charge in [-0.25, -0.2) is 4.98 Å². The monoisotopic (exact) mass is 149 g/mol. The first kappa shape index (κ1) is 7.79.